The number of hydrogen-bond donors (Lipinski definition) is 1. The van der Waals surface area contributed by atoms with Crippen LogP contribution in [0.2, 0.25) is 0 Å². The van der Waals surface area contributed by atoms with Crippen molar-refractivity contribution in [3.05, 3.63) is 82.5 Å². The fraction of sp³-hybridized carbons (Fsp3) is 0.227. The molecule has 1 N–H and O–H groups in total. The third-order valence-electron chi connectivity index (χ3n) is 4.86. The summed E-state index contributed by atoms with van der Waals surface area (Å²) in [7, 11) is -4.09. The van der Waals surface area contributed by atoms with Gasteiger partial charge in [0.25, 0.3) is 10.0 Å². The van der Waals surface area contributed by atoms with Crippen LogP contribution in [0.15, 0.2) is 64.2 Å². The maximum atomic E-state index is 14.4. The quantitative estimate of drug-likeness (QED) is 0.578. The smallest absolute Gasteiger partial charge is 0.274 e. The van der Waals surface area contributed by atoms with E-state index in [4.69, 9.17) is 0 Å². The Labute approximate surface area is 180 Å². The molecule has 1 heterocycles. The molecule has 0 saturated heterocycles. The van der Waals surface area contributed by atoms with Gasteiger partial charge in [-0.25, -0.2) is 12.8 Å². The van der Waals surface area contributed by atoms with Gasteiger partial charge < -0.3 is 5.32 Å². The van der Waals surface area contributed by atoms with Gasteiger partial charge in [-0.3, -0.25) is 9.10 Å². The molecule has 0 saturated carbocycles. The normalized spacial score (nSPS) is 12.4. The predicted molar refractivity (Wildman–Crippen MR) is 118 cm³/mol. The van der Waals surface area contributed by atoms with Gasteiger partial charge in [-0.2, -0.15) is 0 Å². The van der Waals surface area contributed by atoms with Crippen LogP contribution in [0.3, 0.4) is 0 Å². The third kappa shape index (κ3) is 4.71. The molecule has 0 fully saturated rings. The predicted octanol–water partition coefficient (Wildman–Crippen LogP) is 4.58. The van der Waals surface area contributed by atoms with Gasteiger partial charge in [0.1, 0.15) is 16.6 Å². The summed E-state index contributed by atoms with van der Waals surface area (Å²) in [5, 5.41) is 4.44. The van der Waals surface area contributed by atoms with E-state index < -0.39 is 28.3 Å². The molecule has 5 nitrogen and oxygen atoms in total. The molecule has 30 heavy (non-hydrogen) atoms. The lowest BCUT2D eigenvalue weighted by Gasteiger charge is -2.25. The number of amides is 1. The molecule has 0 radical (unpaired) electrons. The molecule has 0 spiro atoms. The zero-order valence-electron chi connectivity index (χ0n) is 16.9. The first kappa shape index (κ1) is 22.0. The van der Waals surface area contributed by atoms with E-state index in [0.29, 0.717) is 0 Å². The van der Waals surface area contributed by atoms with Crippen molar-refractivity contribution in [1.29, 1.82) is 0 Å². The van der Waals surface area contributed by atoms with Crippen LogP contribution < -0.4 is 9.62 Å². The van der Waals surface area contributed by atoms with E-state index in [-0.39, 0.29) is 15.9 Å². The van der Waals surface area contributed by atoms with Crippen molar-refractivity contribution >= 4 is 33.0 Å². The summed E-state index contributed by atoms with van der Waals surface area (Å²) in [6.45, 7) is 5.28. The van der Waals surface area contributed by atoms with Crippen LogP contribution in [0.1, 0.15) is 29.7 Å². The maximum absolute atomic E-state index is 14.4. The summed E-state index contributed by atoms with van der Waals surface area (Å²) in [6.07, 6.45) is 0. The van der Waals surface area contributed by atoms with E-state index in [9.17, 15) is 17.6 Å². The molecule has 158 valence electrons. The molecule has 3 aromatic rings. The van der Waals surface area contributed by atoms with Crippen LogP contribution in [0, 0.1) is 19.7 Å². The van der Waals surface area contributed by atoms with Gasteiger partial charge in [-0.15, -0.1) is 11.3 Å². The Hall–Kier alpha value is -2.71. The van der Waals surface area contributed by atoms with Crippen molar-refractivity contribution < 1.29 is 17.6 Å². The molecular weight excluding hydrogens is 423 g/mol. The number of aryl methyl sites for hydroxylation is 2. The van der Waals surface area contributed by atoms with Crippen molar-refractivity contribution in [2.24, 2.45) is 0 Å². The van der Waals surface area contributed by atoms with E-state index >= 15 is 0 Å². The Morgan fingerprint density at radius 3 is 2.47 bits per heavy atom. The van der Waals surface area contributed by atoms with E-state index in [1.165, 1.54) is 30.3 Å². The zero-order valence-corrected chi connectivity index (χ0v) is 18.6. The minimum Gasteiger partial charge on any atom is -0.348 e. The van der Waals surface area contributed by atoms with Gasteiger partial charge in [-0.1, -0.05) is 36.4 Å². The zero-order chi connectivity index (χ0) is 21.9. The average Bonchev–Trinajstić information content (AvgIpc) is 3.24. The Balaban J connectivity index is 1.87. The molecule has 0 aliphatic heterocycles. The molecule has 0 aliphatic rings. The molecule has 1 aromatic heterocycles. The van der Waals surface area contributed by atoms with Gasteiger partial charge in [-0.05, 0) is 61.0 Å². The van der Waals surface area contributed by atoms with Crippen molar-refractivity contribution in [2.45, 2.75) is 31.0 Å². The third-order valence-corrected chi connectivity index (χ3v) is 7.99. The largest absolute Gasteiger partial charge is 0.348 e. The van der Waals surface area contributed by atoms with Crippen LogP contribution in [0.25, 0.3) is 0 Å². The molecule has 1 amide bonds. The second-order valence-corrected chi connectivity index (χ2v) is 10.1. The van der Waals surface area contributed by atoms with Crippen molar-refractivity contribution in [3.8, 4) is 0 Å². The van der Waals surface area contributed by atoms with E-state index in [1.54, 1.807) is 11.4 Å². The lowest BCUT2D eigenvalue weighted by molar-refractivity contribution is -0.120. The highest BCUT2D eigenvalue weighted by atomic mass is 32.2. The monoisotopic (exact) mass is 446 g/mol. The van der Waals surface area contributed by atoms with Crippen molar-refractivity contribution in [2.75, 3.05) is 10.8 Å². The number of para-hydroxylation sites is 1. The highest BCUT2D eigenvalue weighted by Gasteiger charge is 2.30. The minimum atomic E-state index is -4.09. The molecule has 2 aromatic carbocycles. The van der Waals surface area contributed by atoms with Crippen LogP contribution >= 0.6 is 11.3 Å². The number of nitrogens with zero attached hydrogens (tertiary/aromatic N) is 1. The fourth-order valence-corrected chi connectivity index (χ4v) is 5.54. The molecule has 3 rings (SSSR count). The van der Waals surface area contributed by atoms with Crippen molar-refractivity contribution in [1.82, 2.24) is 5.32 Å². The number of hydrogen-bond acceptors (Lipinski definition) is 4. The van der Waals surface area contributed by atoms with Gasteiger partial charge in [0.2, 0.25) is 5.91 Å². The summed E-state index contributed by atoms with van der Waals surface area (Å²) >= 11 is 1.02. The number of carbonyl (C=O) groups excluding carboxylic acids is 1. The Morgan fingerprint density at radius 2 is 1.83 bits per heavy atom. The summed E-state index contributed by atoms with van der Waals surface area (Å²) in [6, 6.07) is 14.1. The lowest BCUT2D eigenvalue weighted by atomic mass is 10.0. The first-order chi connectivity index (χ1) is 14.2. The highest BCUT2D eigenvalue weighted by Crippen LogP contribution is 2.28. The second kappa shape index (κ2) is 8.97. The number of carbonyl (C=O) groups is 1. The van der Waals surface area contributed by atoms with Gasteiger partial charge in [0, 0.05) is 0 Å². The summed E-state index contributed by atoms with van der Waals surface area (Å²) < 4.78 is 41.5. The average molecular weight is 447 g/mol. The van der Waals surface area contributed by atoms with Gasteiger partial charge in [0.15, 0.2) is 0 Å². The summed E-state index contributed by atoms with van der Waals surface area (Å²) in [4.78, 5) is 12.8. The number of sulfonamides is 1. The summed E-state index contributed by atoms with van der Waals surface area (Å²) in [5.74, 6) is -1.24. The van der Waals surface area contributed by atoms with Gasteiger partial charge in [0.05, 0.1) is 11.7 Å². The van der Waals surface area contributed by atoms with Crippen LogP contribution in [-0.2, 0) is 14.8 Å². The molecule has 0 unspecified atom stereocenters. The Morgan fingerprint density at radius 1 is 1.10 bits per heavy atom. The Bertz CT molecular complexity index is 1140. The number of nitrogens with one attached hydrogen (secondary N) is 1. The minimum absolute atomic E-state index is 0.0424. The maximum Gasteiger partial charge on any atom is 0.274 e. The van der Waals surface area contributed by atoms with Crippen molar-refractivity contribution in [3.63, 3.8) is 0 Å². The first-order valence-electron chi connectivity index (χ1n) is 9.37. The molecule has 0 bridgehead atoms. The molecule has 0 aliphatic carbocycles. The number of rotatable bonds is 7. The SMILES string of the molecule is Cc1ccc([C@@H](C)NC(=O)CN(c2ccccc2F)S(=O)(=O)c2cccs2)cc1C. The van der Waals surface area contributed by atoms with Gasteiger partial charge >= 0.3 is 0 Å². The topological polar surface area (TPSA) is 66.5 Å². The van der Waals surface area contributed by atoms with E-state index in [1.807, 2.05) is 39.0 Å². The summed E-state index contributed by atoms with van der Waals surface area (Å²) in [5.41, 5.74) is 2.98. The molecule has 1 atom stereocenters. The first-order valence-corrected chi connectivity index (χ1v) is 11.7. The number of halogens is 1. The second-order valence-electron chi connectivity index (χ2n) is 7.03. The number of thiophene rings is 1. The highest BCUT2D eigenvalue weighted by molar-refractivity contribution is 7.94. The lowest BCUT2D eigenvalue weighted by Crippen LogP contribution is -2.41. The number of anilines is 1. The van der Waals surface area contributed by atoms with Crippen LogP contribution in [-0.4, -0.2) is 20.9 Å². The van der Waals surface area contributed by atoms with Crippen LogP contribution in [0.5, 0.6) is 0 Å². The van der Waals surface area contributed by atoms with E-state index in [2.05, 4.69) is 5.32 Å². The molecular formula is C22H23FN2O3S2. The number of benzene rings is 2. The van der Waals surface area contributed by atoms with Crippen LogP contribution in [0.4, 0.5) is 10.1 Å². The standard InChI is InChI=1S/C22H23FN2O3S2/c1-15-10-11-18(13-16(15)2)17(3)24-21(26)14-25(20-8-5-4-7-19(20)23)30(27,28)22-9-6-12-29-22/h4-13,17H,14H2,1-3H3,(H,24,26)/t17-/m1/s1. The fourth-order valence-electron chi connectivity index (χ4n) is 3.01. The van der Waals surface area contributed by atoms with E-state index in [0.717, 1.165) is 32.3 Å². The Kier molecular flexibility index (Phi) is 6.58. The molecule has 8 heteroatoms.